The van der Waals surface area contributed by atoms with Gasteiger partial charge in [-0.25, -0.2) is 9.59 Å². The van der Waals surface area contributed by atoms with E-state index in [0.29, 0.717) is 19.5 Å². The molecular weight excluding hydrogens is 286 g/mol. The third kappa shape index (κ3) is 6.51. The number of piperidine rings is 1. The second-order valence-electron chi connectivity index (χ2n) is 7.63. The summed E-state index contributed by atoms with van der Waals surface area (Å²) in [6.07, 6.45) is -0.294. The molecule has 128 valence electrons. The van der Waals surface area contributed by atoms with Crippen LogP contribution in [0.25, 0.3) is 0 Å². The Kier molecular flexibility index (Phi) is 5.67. The molecule has 7 heteroatoms. The minimum atomic E-state index is -0.550. The standard InChI is InChI=1S/C15H29N3O4/c1-14(2,3)21-12(19)17-11-7-8-18(9-10(11)16)13(20)22-15(4,5)6/h10-11H,7-9,16H2,1-6H3,(H,17,19)/t10-,11+/m0/s1. The van der Waals surface area contributed by atoms with E-state index in [2.05, 4.69) is 5.32 Å². The Morgan fingerprint density at radius 2 is 1.64 bits per heavy atom. The highest BCUT2D eigenvalue weighted by molar-refractivity contribution is 5.69. The molecule has 0 radical (unpaired) electrons. The molecule has 0 unspecified atom stereocenters. The van der Waals surface area contributed by atoms with Gasteiger partial charge in [0.25, 0.3) is 0 Å². The van der Waals surface area contributed by atoms with Gasteiger partial charge in [-0.2, -0.15) is 0 Å². The zero-order chi connectivity index (χ0) is 17.1. The van der Waals surface area contributed by atoms with Crippen LogP contribution in [-0.4, -0.2) is 53.5 Å². The van der Waals surface area contributed by atoms with E-state index in [4.69, 9.17) is 15.2 Å². The van der Waals surface area contributed by atoms with E-state index < -0.39 is 17.3 Å². The summed E-state index contributed by atoms with van der Waals surface area (Å²) in [4.78, 5) is 25.4. The molecule has 0 bridgehead atoms. The number of amides is 2. The summed E-state index contributed by atoms with van der Waals surface area (Å²) < 4.78 is 10.5. The molecule has 7 nitrogen and oxygen atoms in total. The maximum atomic E-state index is 12.0. The first kappa shape index (κ1) is 18.5. The van der Waals surface area contributed by atoms with Crippen LogP contribution in [0.4, 0.5) is 9.59 Å². The molecule has 1 aliphatic rings. The molecule has 22 heavy (non-hydrogen) atoms. The summed E-state index contributed by atoms with van der Waals surface area (Å²) in [5.74, 6) is 0. The van der Waals surface area contributed by atoms with Gasteiger partial charge in [-0.15, -0.1) is 0 Å². The average Bonchev–Trinajstić information content (AvgIpc) is 2.26. The van der Waals surface area contributed by atoms with Gasteiger partial charge in [-0.3, -0.25) is 0 Å². The first-order chi connectivity index (χ1) is 9.87. The fraction of sp³-hybridized carbons (Fsp3) is 0.867. The number of nitrogens with zero attached hydrogens (tertiary/aromatic N) is 1. The van der Waals surface area contributed by atoms with Gasteiger partial charge in [-0.05, 0) is 48.0 Å². The van der Waals surface area contributed by atoms with Gasteiger partial charge in [0, 0.05) is 19.1 Å². The predicted molar refractivity (Wildman–Crippen MR) is 83.6 cm³/mol. The topological polar surface area (TPSA) is 93.9 Å². The fourth-order valence-electron chi connectivity index (χ4n) is 2.11. The lowest BCUT2D eigenvalue weighted by Gasteiger charge is -2.37. The van der Waals surface area contributed by atoms with E-state index in [1.807, 2.05) is 20.8 Å². The molecule has 0 aromatic carbocycles. The van der Waals surface area contributed by atoms with Crippen LogP contribution in [0.3, 0.4) is 0 Å². The van der Waals surface area contributed by atoms with E-state index in [-0.39, 0.29) is 18.2 Å². The highest BCUT2D eigenvalue weighted by Crippen LogP contribution is 2.16. The highest BCUT2D eigenvalue weighted by atomic mass is 16.6. The predicted octanol–water partition coefficient (Wildman–Crippen LogP) is 1.85. The van der Waals surface area contributed by atoms with Crippen molar-refractivity contribution in [3.63, 3.8) is 0 Å². The van der Waals surface area contributed by atoms with Crippen LogP contribution in [0, 0.1) is 0 Å². The number of likely N-dealkylation sites (tertiary alicyclic amines) is 1. The van der Waals surface area contributed by atoms with Gasteiger partial charge >= 0.3 is 12.2 Å². The van der Waals surface area contributed by atoms with Gasteiger partial charge in [-0.1, -0.05) is 0 Å². The molecular formula is C15H29N3O4. The molecule has 0 aliphatic carbocycles. The number of rotatable bonds is 1. The van der Waals surface area contributed by atoms with Crippen LogP contribution in [0.2, 0.25) is 0 Å². The Morgan fingerprint density at radius 3 is 2.09 bits per heavy atom. The van der Waals surface area contributed by atoms with Crippen LogP contribution >= 0.6 is 0 Å². The molecule has 0 saturated carbocycles. The van der Waals surface area contributed by atoms with Crippen molar-refractivity contribution in [3.05, 3.63) is 0 Å². The number of ether oxygens (including phenoxy) is 2. The lowest BCUT2D eigenvalue weighted by atomic mass is 10.0. The Balaban J connectivity index is 2.49. The van der Waals surface area contributed by atoms with Crippen LogP contribution in [0.1, 0.15) is 48.0 Å². The maximum absolute atomic E-state index is 12.0. The van der Waals surface area contributed by atoms with Gasteiger partial charge in [0.2, 0.25) is 0 Å². The SMILES string of the molecule is CC(C)(C)OC(=O)N[C@@H]1CCN(C(=O)OC(C)(C)C)C[C@@H]1N. The molecule has 2 atom stereocenters. The minimum Gasteiger partial charge on any atom is -0.444 e. The summed E-state index contributed by atoms with van der Waals surface area (Å²) in [6, 6.07) is -0.567. The zero-order valence-electron chi connectivity index (χ0n) is 14.4. The normalized spacial score (nSPS) is 23.0. The molecule has 0 spiro atoms. The molecule has 1 fully saturated rings. The monoisotopic (exact) mass is 315 g/mol. The molecule has 0 aromatic heterocycles. The van der Waals surface area contributed by atoms with E-state index in [9.17, 15) is 9.59 Å². The van der Waals surface area contributed by atoms with Crippen molar-refractivity contribution >= 4 is 12.2 Å². The Hall–Kier alpha value is -1.50. The van der Waals surface area contributed by atoms with Crippen molar-refractivity contribution in [2.24, 2.45) is 5.73 Å². The summed E-state index contributed by atoms with van der Waals surface area (Å²) in [5.41, 5.74) is 4.98. The first-order valence-electron chi connectivity index (χ1n) is 7.60. The van der Waals surface area contributed by atoms with Gasteiger partial charge in [0.05, 0.1) is 6.04 Å². The van der Waals surface area contributed by atoms with Gasteiger partial charge < -0.3 is 25.4 Å². The summed E-state index contributed by atoms with van der Waals surface area (Å²) in [5, 5.41) is 2.77. The van der Waals surface area contributed by atoms with E-state index in [0.717, 1.165) is 0 Å². The second-order valence-corrected chi connectivity index (χ2v) is 7.63. The molecule has 2 amide bonds. The molecule has 1 heterocycles. The second kappa shape index (κ2) is 6.73. The first-order valence-corrected chi connectivity index (χ1v) is 7.60. The molecule has 3 N–H and O–H groups in total. The summed E-state index contributed by atoms with van der Waals surface area (Å²) >= 11 is 0. The Morgan fingerprint density at radius 1 is 1.09 bits per heavy atom. The molecule has 0 aromatic rings. The quantitative estimate of drug-likeness (QED) is 0.770. The van der Waals surface area contributed by atoms with Crippen molar-refractivity contribution in [1.29, 1.82) is 0 Å². The van der Waals surface area contributed by atoms with Crippen molar-refractivity contribution in [2.45, 2.75) is 71.2 Å². The third-order valence-electron chi connectivity index (χ3n) is 3.01. The van der Waals surface area contributed by atoms with Gasteiger partial charge in [0.15, 0.2) is 0 Å². The van der Waals surface area contributed by atoms with Crippen molar-refractivity contribution in [3.8, 4) is 0 Å². The third-order valence-corrected chi connectivity index (χ3v) is 3.01. The number of nitrogens with two attached hydrogens (primary N) is 1. The van der Waals surface area contributed by atoms with Crippen LogP contribution < -0.4 is 11.1 Å². The average molecular weight is 315 g/mol. The largest absolute Gasteiger partial charge is 0.444 e. The maximum Gasteiger partial charge on any atom is 0.410 e. The van der Waals surface area contributed by atoms with Gasteiger partial charge in [0.1, 0.15) is 11.2 Å². The number of hydrogen-bond acceptors (Lipinski definition) is 5. The zero-order valence-corrected chi connectivity index (χ0v) is 14.4. The molecule has 1 rings (SSSR count). The summed E-state index contributed by atoms with van der Waals surface area (Å²) in [6.45, 7) is 11.7. The number of alkyl carbamates (subject to hydrolysis) is 1. The van der Waals surface area contributed by atoms with Crippen LogP contribution in [0.15, 0.2) is 0 Å². The number of nitrogens with one attached hydrogen (secondary N) is 1. The molecule has 1 aliphatic heterocycles. The smallest absolute Gasteiger partial charge is 0.410 e. The number of carbonyl (C=O) groups is 2. The van der Waals surface area contributed by atoms with E-state index >= 15 is 0 Å². The van der Waals surface area contributed by atoms with Crippen LogP contribution in [0.5, 0.6) is 0 Å². The van der Waals surface area contributed by atoms with Crippen molar-refractivity contribution < 1.29 is 19.1 Å². The lowest BCUT2D eigenvalue weighted by molar-refractivity contribution is 0.0167. The van der Waals surface area contributed by atoms with Crippen molar-refractivity contribution in [2.75, 3.05) is 13.1 Å². The highest BCUT2D eigenvalue weighted by Gasteiger charge is 2.33. The molecule has 1 saturated heterocycles. The number of hydrogen-bond donors (Lipinski definition) is 2. The Bertz CT molecular complexity index is 412. The van der Waals surface area contributed by atoms with E-state index in [1.165, 1.54) is 0 Å². The minimum absolute atomic E-state index is 0.214. The fourth-order valence-corrected chi connectivity index (χ4v) is 2.11. The lowest BCUT2D eigenvalue weighted by Crippen LogP contribution is -2.59. The van der Waals surface area contributed by atoms with E-state index in [1.54, 1.807) is 25.7 Å². The number of carbonyl (C=O) groups excluding carboxylic acids is 2. The summed E-state index contributed by atoms with van der Waals surface area (Å²) in [7, 11) is 0. The van der Waals surface area contributed by atoms with Crippen molar-refractivity contribution in [1.82, 2.24) is 10.2 Å². The Labute approximate surface area is 132 Å². The van der Waals surface area contributed by atoms with Crippen LogP contribution in [-0.2, 0) is 9.47 Å².